The molecule has 1 aromatic carbocycles. The van der Waals surface area contributed by atoms with Crippen LogP contribution in [0.2, 0.25) is 0 Å². The zero-order valence-electron chi connectivity index (χ0n) is 17.4. The fourth-order valence-corrected chi connectivity index (χ4v) is 4.10. The summed E-state index contributed by atoms with van der Waals surface area (Å²) in [7, 11) is 0. The molecule has 0 aromatic heterocycles. The van der Waals surface area contributed by atoms with E-state index in [-0.39, 0.29) is 5.56 Å². The third-order valence-electron chi connectivity index (χ3n) is 5.52. The Hall–Kier alpha value is -1.58. The Morgan fingerprint density at radius 2 is 1.93 bits per heavy atom. The van der Waals surface area contributed by atoms with Gasteiger partial charge < -0.3 is 9.47 Å². The number of hydrogen-bond acceptors (Lipinski definition) is 3. The van der Waals surface area contributed by atoms with Crippen LogP contribution in [-0.4, -0.2) is 18.2 Å². The van der Waals surface area contributed by atoms with Crippen molar-refractivity contribution in [3.8, 4) is 5.75 Å². The summed E-state index contributed by atoms with van der Waals surface area (Å²) >= 11 is 0. The van der Waals surface area contributed by atoms with E-state index >= 15 is 0 Å². The van der Waals surface area contributed by atoms with Gasteiger partial charge >= 0.3 is 5.97 Å². The SMILES string of the molecule is CC1(C)CCCC(COc2cc(F)c(C(=O)OC(C)(C)C)cc2C2CC2)C1. The van der Waals surface area contributed by atoms with Gasteiger partial charge in [-0.2, -0.15) is 0 Å². The molecule has 27 heavy (non-hydrogen) atoms. The van der Waals surface area contributed by atoms with Gasteiger partial charge in [-0.15, -0.1) is 0 Å². The third-order valence-corrected chi connectivity index (χ3v) is 5.52. The van der Waals surface area contributed by atoms with E-state index in [1.54, 1.807) is 26.8 Å². The molecular weight excluding hydrogens is 343 g/mol. The standard InChI is InChI=1S/C23H33FO3/c1-22(2,3)27-21(25)18-11-17(16-8-9-16)20(12-19(18)24)26-14-15-7-6-10-23(4,5)13-15/h11-12,15-16H,6-10,13-14H2,1-5H3. The number of rotatable bonds is 5. The number of carbonyl (C=O) groups is 1. The molecule has 4 heteroatoms. The van der Waals surface area contributed by atoms with Crippen LogP contribution >= 0.6 is 0 Å². The minimum Gasteiger partial charge on any atom is -0.493 e. The lowest BCUT2D eigenvalue weighted by molar-refractivity contribution is 0.00644. The molecule has 0 saturated heterocycles. The third kappa shape index (κ3) is 5.46. The first-order valence-corrected chi connectivity index (χ1v) is 10.2. The van der Waals surface area contributed by atoms with Crippen LogP contribution in [0.1, 0.15) is 95.0 Å². The van der Waals surface area contributed by atoms with Crippen LogP contribution < -0.4 is 4.74 Å². The predicted molar refractivity (Wildman–Crippen MR) is 105 cm³/mol. The average molecular weight is 377 g/mol. The first kappa shape index (κ1) is 20.2. The van der Waals surface area contributed by atoms with Crippen LogP contribution in [0, 0.1) is 17.2 Å². The summed E-state index contributed by atoms with van der Waals surface area (Å²) in [6.07, 6.45) is 6.92. The molecule has 1 unspecified atom stereocenters. The van der Waals surface area contributed by atoms with Gasteiger partial charge in [-0.25, -0.2) is 9.18 Å². The van der Waals surface area contributed by atoms with Crippen molar-refractivity contribution in [2.24, 2.45) is 11.3 Å². The molecule has 0 amide bonds. The molecule has 0 spiro atoms. The summed E-state index contributed by atoms with van der Waals surface area (Å²) in [6.45, 7) is 10.6. The molecule has 2 fully saturated rings. The molecule has 2 saturated carbocycles. The highest BCUT2D eigenvalue weighted by Gasteiger charge is 2.32. The number of esters is 1. The normalized spacial score (nSPS) is 22.4. The van der Waals surface area contributed by atoms with E-state index in [2.05, 4.69) is 13.8 Å². The smallest absolute Gasteiger partial charge is 0.341 e. The van der Waals surface area contributed by atoms with E-state index in [9.17, 15) is 9.18 Å². The first-order chi connectivity index (χ1) is 12.5. The van der Waals surface area contributed by atoms with Crippen molar-refractivity contribution >= 4 is 5.97 Å². The zero-order chi connectivity index (χ0) is 19.8. The van der Waals surface area contributed by atoms with Crippen LogP contribution in [0.5, 0.6) is 5.75 Å². The highest BCUT2D eigenvalue weighted by Crippen LogP contribution is 2.46. The van der Waals surface area contributed by atoms with E-state index < -0.39 is 17.4 Å². The second kappa shape index (κ2) is 7.44. The maximum Gasteiger partial charge on any atom is 0.341 e. The van der Waals surface area contributed by atoms with Crippen LogP contribution in [0.25, 0.3) is 0 Å². The Labute approximate surface area is 162 Å². The molecule has 0 N–H and O–H groups in total. The van der Waals surface area contributed by atoms with Gasteiger partial charge in [0.1, 0.15) is 17.2 Å². The fraction of sp³-hybridized carbons (Fsp3) is 0.696. The maximum atomic E-state index is 14.6. The lowest BCUT2D eigenvalue weighted by atomic mass is 9.72. The quantitative estimate of drug-likeness (QED) is 0.570. The molecule has 150 valence electrons. The van der Waals surface area contributed by atoms with Crippen LogP contribution in [-0.2, 0) is 4.74 Å². The molecular formula is C23H33FO3. The lowest BCUT2D eigenvalue weighted by Crippen LogP contribution is -2.26. The highest BCUT2D eigenvalue weighted by molar-refractivity contribution is 5.90. The summed E-state index contributed by atoms with van der Waals surface area (Å²) in [5.74, 6) is 0.305. The summed E-state index contributed by atoms with van der Waals surface area (Å²) < 4.78 is 26.1. The molecule has 3 nitrogen and oxygen atoms in total. The second-order valence-corrected chi connectivity index (χ2v) is 10.1. The minimum absolute atomic E-state index is 0.0120. The Kier molecular flexibility index (Phi) is 5.56. The molecule has 1 atom stereocenters. The summed E-state index contributed by atoms with van der Waals surface area (Å²) in [6, 6.07) is 3.04. The van der Waals surface area contributed by atoms with E-state index in [1.807, 2.05) is 0 Å². The molecule has 0 bridgehead atoms. The molecule has 2 aliphatic rings. The molecule has 0 aliphatic heterocycles. The van der Waals surface area contributed by atoms with Gasteiger partial charge in [0.05, 0.1) is 12.2 Å². The van der Waals surface area contributed by atoms with Gasteiger partial charge in [0.2, 0.25) is 0 Å². The van der Waals surface area contributed by atoms with Crippen LogP contribution in [0.15, 0.2) is 12.1 Å². The largest absolute Gasteiger partial charge is 0.493 e. The number of ether oxygens (including phenoxy) is 2. The van der Waals surface area contributed by atoms with Gasteiger partial charge in [-0.1, -0.05) is 20.3 Å². The topological polar surface area (TPSA) is 35.5 Å². The van der Waals surface area contributed by atoms with E-state index in [0.29, 0.717) is 29.6 Å². The van der Waals surface area contributed by atoms with Crippen molar-refractivity contribution in [1.29, 1.82) is 0 Å². The van der Waals surface area contributed by atoms with Gasteiger partial charge in [0.25, 0.3) is 0 Å². The molecule has 0 heterocycles. The van der Waals surface area contributed by atoms with Crippen molar-refractivity contribution in [2.75, 3.05) is 6.61 Å². The van der Waals surface area contributed by atoms with Gasteiger partial charge in [0, 0.05) is 6.07 Å². The van der Waals surface area contributed by atoms with Gasteiger partial charge in [-0.05, 0) is 81.8 Å². The van der Waals surface area contributed by atoms with Gasteiger partial charge in [0.15, 0.2) is 0 Å². The van der Waals surface area contributed by atoms with Crippen LogP contribution in [0.4, 0.5) is 4.39 Å². The zero-order valence-corrected chi connectivity index (χ0v) is 17.4. The van der Waals surface area contributed by atoms with Crippen LogP contribution in [0.3, 0.4) is 0 Å². The lowest BCUT2D eigenvalue weighted by Gasteiger charge is -2.35. The number of carbonyl (C=O) groups excluding carboxylic acids is 1. The van der Waals surface area contributed by atoms with Crippen molar-refractivity contribution in [2.45, 2.75) is 84.7 Å². The fourth-order valence-electron chi connectivity index (χ4n) is 4.10. The number of halogens is 1. The molecule has 3 rings (SSSR count). The van der Waals surface area contributed by atoms with E-state index in [4.69, 9.17) is 9.47 Å². The summed E-state index contributed by atoms with van der Waals surface area (Å²) in [5, 5.41) is 0. The van der Waals surface area contributed by atoms with Crippen molar-refractivity contribution in [1.82, 2.24) is 0 Å². The first-order valence-electron chi connectivity index (χ1n) is 10.2. The monoisotopic (exact) mass is 376 g/mol. The average Bonchev–Trinajstić information content (AvgIpc) is 3.35. The Morgan fingerprint density at radius 1 is 1.22 bits per heavy atom. The van der Waals surface area contributed by atoms with Crippen molar-refractivity contribution in [3.05, 3.63) is 29.1 Å². The Bertz CT molecular complexity index is 698. The number of hydrogen-bond donors (Lipinski definition) is 0. The number of benzene rings is 1. The predicted octanol–water partition coefficient (Wildman–Crippen LogP) is 6.25. The van der Waals surface area contributed by atoms with E-state index in [0.717, 1.165) is 24.8 Å². The van der Waals surface area contributed by atoms with Crippen molar-refractivity contribution in [3.63, 3.8) is 0 Å². The minimum atomic E-state index is -0.647. The summed E-state index contributed by atoms with van der Waals surface area (Å²) in [5.41, 5.74) is 0.675. The highest BCUT2D eigenvalue weighted by atomic mass is 19.1. The van der Waals surface area contributed by atoms with Crippen molar-refractivity contribution < 1.29 is 18.7 Å². The molecule has 1 aromatic rings. The van der Waals surface area contributed by atoms with Gasteiger partial charge in [-0.3, -0.25) is 0 Å². The summed E-state index contributed by atoms with van der Waals surface area (Å²) in [4.78, 5) is 12.4. The Balaban J connectivity index is 1.75. The molecule has 2 aliphatic carbocycles. The maximum absolute atomic E-state index is 14.6. The second-order valence-electron chi connectivity index (χ2n) is 10.1. The Morgan fingerprint density at radius 3 is 2.52 bits per heavy atom. The van der Waals surface area contributed by atoms with E-state index in [1.165, 1.54) is 25.3 Å². The molecule has 0 radical (unpaired) electrons.